The average Bonchev–Trinajstić information content (AvgIpc) is 2.64. The van der Waals surface area contributed by atoms with E-state index in [2.05, 4.69) is 0 Å². The van der Waals surface area contributed by atoms with E-state index in [4.69, 9.17) is 4.74 Å². The van der Waals surface area contributed by atoms with E-state index in [1.165, 1.54) is 19.3 Å². The lowest BCUT2D eigenvalue weighted by Gasteiger charge is -2.55. The van der Waals surface area contributed by atoms with Crippen molar-refractivity contribution in [3.63, 3.8) is 0 Å². The molecular formula is C23H24O3. The first-order valence-electron chi connectivity index (χ1n) is 9.81. The van der Waals surface area contributed by atoms with E-state index < -0.39 is 0 Å². The summed E-state index contributed by atoms with van der Waals surface area (Å²) in [6.45, 7) is -0.0752. The highest BCUT2D eigenvalue weighted by Crippen LogP contribution is 2.60. The minimum atomic E-state index is -0.389. The van der Waals surface area contributed by atoms with Gasteiger partial charge in [0.25, 0.3) is 0 Å². The Hall–Kier alpha value is -2.16. The molecule has 2 aromatic rings. The van der Waals surface area contributed by atoms with Gasteiger partial charge in [0.1, 0.15) is 0 Å². The lowest BCUT2D eigenvalue weighted by atomic mass is 9.48. The normalized spacial score (nSPS) is 31.9. The smallest absolute Gasteiger partial charge is 0.339 e. The molecule has 0 N–H and O–H groups in total. The summed E-state index contributed by atoms with van der Waals surface area (Å²) in [5.41, 5.74) is 0.342. The van der Waals surface area contributed by atoms with Crippen LogP contribution in [0.1, 0.15) is 48.9 Å². The van der Waals surface area contributed by atoms with Crippen LogP contribution >= 0.6 is 0 Å². The Bertz CT molecular complexity index is 841. The molecule has 0 atom stereocenters. The van der Waals surface area contributed by atoms with Crippen LogP contribution in [0.3, 0.4) is 0 Å². The van der Waals surface area contributed by atoms with Crippen molar-refractivity contribution in [3.8, 4) is 0 Å². The summed E-state index contributed by atoms with van der Waals surface area (Å²) in [5.74, 6) is 1.93. The van der Waals surface area contributed by atoms with Gasteiger partial charge in [0.2, 0.25) is 0 Å². The van der Waals surface area contributed by atoms with Gasteiger partial charge in [-0.1, -0.05) is 36.4 Å². The fourth-order valence-corrected chi connectivity index (χ4v) is 6.22. The van der Waals surface area contributed by atoms with Crippen molar-refractivity contribution >= 4 is 22.5 Å². The minimum absolute atomic E-state index is 0.0752. The van der Waals surface area contributed by atoms with Gasteiger partial charge in [-0.05, 0) is 73.1 Å². The Morgan fingerprint density at radius 2 is 1.50 bits per heavy atom. The molecule has 0 aliphatic heterocycles. The van der Waals surface area contributed by atoms with Gasteiger partial charge in [0.05, 0.1) is 5.56 Å². The fourth-order valence-electron chi connectivity index (χ4n) is 6.22. The van der Waals surface area contributed by atoms with Crippen molar-refractivity contribution in [3.05, 3.63) is 48.0 Å². The maximum Gasteiger partial charge on any atom is 0.339 e. The third-order valence-electron chi connectivity index (χ3n) is 6.97. The molecular weight excluding hydrogens is 324 g/mol. The molecule has 0 radical (unpaired) electrons. The maximum atomic E-state index is 13.0. The molecule has 4 bridgehead atoms. The molecule has 3 heteroatoms. The Morgan fingerprint density at radius 1 is 0.885 bits per heavy atom. The molecule has 4 fully saturated rings. The maximum absolute atomic E-state index is 13.0. The zero-order valence-electron chi connectivity index (χ0n) is 14.9. The number of carbonyl (C=O) groups is 2. The monoisotopic (exact) mass is 348 g/mol. The fraction of sp³-hybridized carbons (Fsp3) is 0.478. The second kappa shape index (κ2) is 5.94. The molecule has 134 valence electrons. The van der Waals surface area contributed by atoms with Crippen molar-refractivity contribution in [2.45, 2.75) is 38.5 Å². The number of rotatable bonds is 4. The van der Waals surface area contributed by atoms with Gasteiger partial charge < -0.3 is 4.74 Å². The van der Waals surface area contributed by atoms with Gasteiger partial charge in [-0.2, -0.15) is 0 Å². The number of hydrogen-bond donors (Lipinski definition) is 0. The second-order valence-electron chi connectivity index (χ2n) is 8.72. The van der Waals surface area contributed by atoms with Crippen LogP contribution in [-0.2, 0) is 9.53 Å². The molecule has 0 spiro atoms. The molecule has 6 rings (SSSR count). The van der Waals surface area contributed by atoms with E-state index >= 15 is 0 Å². The molecule has 0 unspecified atom stereocenters. The van der Waals surface area contributed by atoms with Gasteiger partial charge in [-0.15, -0.1) is 0 Å². The van der Waals surface area contributed by atoms with E-state index in [0.29, 0.717) is 5.56 Å². The quantitative estimate of drug-likeness (QED) is 0.747. The standard InChI is InChI=1S/C23H24O3/c24-21(23-11-15-8-16(12-23)10-17(9-15)13-23)14-26-22(25)20-7-3-5-18-4-1-2-6-19(18)20/h1-7,15-17H,8-14H2. The Balaban J connectivity index is 1.31. The molecule has 26 heavy (non-hydrogen) atoms. The number of ether oxygens (including phenoxy) is 1. The molecule has 0 aromatic heterocycles. The van der Waals surface area contributed by atoms with Crippen LogP contribution in [-0.4, -0.2) is 18.4 Å². The number of fused-ring (bicyclic) bond motifs is 1. The van der Waals surface area contributed by atoms with Gasteiger partial charge in [-0.25, -0.2) is 4.79 Å². The summed E-state index contributed by atoms with van der Waals surface area (Å²) in [6.07, 6.45) is 6.98. The van der Waals surface area contributed by atoms with Gasteiger partial charge in [0.15, 0.2) is 12.4 Å². The van der Waals surface area contributed by atoms with E-state index in [1.807, 2.05) is 36.4 Å². The van der Waals surface area contributed by atoms with E-state index in [1.54, 1.807) is 6.07 Å². The molecule has 4 saturated carbocycles. The van der Waals surface area contributed by atoms with Crippen LogP contribution in [0.2, 0.25) is 0 Å². The lowest BCUT2D eigenvalue weighted by Crippen LogP contribution is -2.51. The first-order chi connectivity index (χ1) is 12.6. The number of Topliss-reactive ketones (excluding diaryl/α,β-unsaturated/α-hetero) is 1. The third kappa shape index (κ3) is 2.56. The Labute approximate surface area is 153 Å². The van der Waals surface area contributed by atoms with Gasteiger partial charge in [-0.3, -0.25) is 4.79 Å². The van der Waals surface area contributed by atoms with E-state index in [-0.39, 0.29) is 23.8 Å². The van der Waals surface area contributed by atoms with Crippen LogP contribution in [0.4, 0.5) is 0 Å². The largest absolute Gasteiger partial charge is 0.454 e. The van der Waals surface area contributed by atoms with Crippen molar-refractivity contribution in [2.75, 3.05) is 6.61 Å². The van der Waals surface area contributed by atoms with Gasteiger partial charge >= 0.3 is 5.97 Å². The summed E-state index contributed by atoms with van der Waals surface area (Å²) < 4.78 is 5.50. The molecule has 0 heterocycles. The SMILES string of the molecule is O=C(OCC(=O)C12CC3CC(CC(C3)C1)C2)c1cccc2ccccc12. The summed E-state index contributed by atoms with van der Waals surface area (Å²) in [7, 11) is 0. The average molecular weight is 348 g/mol. The number of benzene rings is 2. The first-order valence-corrected chi connectivity index (χ1v) is 9.81. The predicted molar refractivity (Wildman–Crippen MR) is 99.8 cm³/mol. The van der Waals surface area contributed by atoms with E-state index in [9.17, 15) is 9.59 Å². The molecule has 3 nitrogen and oxygen atoms in total. The van der Waals surface area contributed by atoms with Crippen LogP contribution in [0.25, 0.3) is 10.8 Å². The first kappa shape index (κ1) is 16.0. The number of ketones is 1. The minimum Gasteiger partial charge on any atom is -0.454 e. The second-order valence-corrected chi connectivity index (χ2v) is 8.72. The predicted octanol–water partition coefficient (Wildman–Crippen LogP) is 4.78. The number of carbonyl (C=O) groups excluding carboxylic acids is 2. The van der Waals surface area contributed by atoms with Crippen LogP contribution in [0.5, 0.6) is 0 Å². The molecule has 2 aromatic carbocycles. The third-order valence-corrected chi connectivity index (χ3v) is 6.97. The van der Waals surface area contributed by atoms with Crippen molar-refractivity contribution in [1.29, 1.82) is 0 Å². The van der Waals surface area contributed by atoms with Crippen molar-refractivity contribution < 1.29 is 14.3 Å². The van der Waals surface area contributed by atoms with E-state index in [0.717, 1.165) is 47.8 Å². The highest BCUT2D eigenvalue weighted by molar-refractivity contribution is 6.05. The molecule has 4 aliphatic rings. The van der Waals surface area contributed by atoms with Crippen LogP contribution in [0, 0.1) is 23.2 Å². The summed E-state index contributed by atoms with van der Waals surface area (Å²) in [5, 5.41) is 1.89. The van der Waals surface area contributed by atoms with Crippen molar-refractivity contribution in [2.24, 2.45) is 23.2 Å². The molecule has 0 saturated heterocycles. The zero-order chi connectivity index (χ0) is 17.7. The van der Waals surface area contributed by atoms with Crippen LogP contribution in [0.15, 0.2) is 42.5 Å². The highest BCUT2D eigenvalue weighted by Gasteiger charge is 2.54. The van der Waals surface area contributed by atoms with Gasteiger partial charge in [0, 0.05) is 5.41 Å². The summed E-state index contributed by atoms with van der Waals surface area (Å²) >= 11 is 0. The molecule has 4 aliphatic carbocycles. The Kier molecular flexibility index (Phi) is 3.66. The number of esters is 1. The number of hydrogen-bond acceptors (Lipinski definition) is 3. The molecule has 0 amide bonds. The lowest BCUT2D eigenvalue weighted by molar-refractivity contribution is -0.147. The zero-order valence-corrected chi connectivity index (χ0v) is 14.9. The van der Waals surface area contributed by atoms with Crippen molar-refractivity contribution in [1.82, 2.24) is 0 Å². The summed E-state index contributed by atoms with van der Waals surface area (Å²) in [4.78, 5) is 25.6. The highest BCUT2D eigenvalue weighted by atomic mass is 16.5. The Morgan fingerprint density at radius 3 is 2.19 bits per heavy atom. The topological polar surface area (TPSA) is 43.4 Å². The van der Waals surface area contributed by atoms with Crippen LogP contribution < -0.4 is 0 Å². The summed E-state index contributed by atoms with van der Waals surface area (Å²) in [6, 6.07) is 13.4.